The van der Waals surface area contributed by atoms with Crippen LogP contribution in [-0.4, -0.2) is 112 Å². The lowest BCUT2D eigenvalue weighted by molar-refractivity contribution is -0.175. The lowest BCUT2D eigenvalue weighted by Crippen LogP contribution is -2.70. The van der Waals surface area contributed by atoms with Crippen LogP contribution >= 0.6 is 0 Å². The Kier molecular flexibility index (Phi) is 8.97. The smallest absolute Gasteiger partial charge is 0.249 e. The van der Waals surface area contributed by atoms with E-state index >= 15 is 0 Å². The zero-order valence-corrected chi connectivity index (χ0v) is 25.5. The highest BCUT2D eigenvalue weighted by atomic mass is 16.5. The Labute approximate surface area is 244 Å². The van der Waals surface area contributed by atoms with Crippen molar-refractivity contribution < 1.29 is 33.3 Å². The van der Waals surface area contributed by atoms with Crippen molar-refractivity contribution in [3.63, 3.8) is 0 Å². The minimum Gasteiger partial charge on any atom is -0.381 e. The molecule has 41 heavy (non-hydrogen) atoms. The Morgan fingerprint density at radius 3 is 2.29 bits per heavy atom. The number of rotatable bonds is 8. The van der Waals surface area contributed by atoms with Gasteiger partial charge in [-0.1, -0.05) is 0 Å². The molecule has 0 radical (unpaired) electrons. The van der Waals surface area contributed by atoms with Crippen LogP contribution in [0.1, 0.15) is 64.7 Å². The summed E-state index contributed by atoms with van der Waals surface area (Å²) in [6.07, 6.45) is 7.59. The number of ether oxygens (including phenoxy) is 5. The molecule has 232 valence electrons. The monoisotopic (exact) mass is 577 g/mol. The van der Waals surface area contributed by atoms with Crippen molar-refractivity contribution in [2.75, 3.05) is 35.0 Å². The summed E-state index contributed by atoms with van der Waals surface area (Å²) >= 11 is 0. The van der Waals surface area contributed by atoms with Gasteiger partial charge in [0.1, 0.15) is 6.10 Å². The summed E-state index contributed by atoms with van der Waals surface area (Å²) < 4.78 is 29.3. The fourth-order valence-electron chi connectivity index (χ4n) is 9.85. The van der Waals surface area contributed by atoms with Crippen LogP contribution in [0.4, 0.5) is 0 Å². The van der Waals surface area contributed by atoms with Crippen molar-refractivity contribution >= 4 is 11.8 Å². The summed E-state index contributed by atoms with van der Waals surface area (Å²) in [5.74, 6) is 1.23. The van der Waals surface area contributed by atoms with Gasteiger partial charge in [0.25, 0.3) is 0 Å². The van der Waals surface area contributed by atoms with Gasteiger partial charge in [-0.3, -0.25) is 9.59 Å². The minimum atomic E-state index is -0.525. The summed E-state index contributed by atoms with van der Waals surface area (Å²) in [6, 6.07) is 0.819. The topological polar surface area (TPSA) is 108 Å². The molecule has 0 aromatic heterocycles. The van der Waals surface area contributed by atoms with Crippen molar-refractivity contribution in [2.45, 2.75) is 126 Å². The molecule has 2 amide bonds. The van der Waals surface area contributed by atoms with E-state index in [-0.39, 0.29) is 72.3 Å². The highest BCUT2D eigenvalue weighted by Gasteiger charge is 2.64. The molecule has 6 fully saturated rings. The van der Waals surface area contributed by atoms with Gasteiger partial charge in [-0.25, -0.2) is 0 Å². The number of hydrogen-bond acceptors (Lipinski definition) is 8. The summed E-state index contributed by atoms with van der Waals surface area (Å²) in [7, 11) is 6.90. The predicted molar refractivity (Wildman–Crippen MR) is 151 cm³/mol. The first kappa shape index (κ1) is 29.8. The fourth-order valence-corrected chi connectivity index (χ4v) is 9.85. The molecular formula is C31H51N3O7. The van der Waals surface area contributed by atoms with Crippen LogP contribution in [0.15, 0.2) is 0 Å². The maximum absolute atomic E-state index is 14.2. The van der Waals surface area contributed by atoms with Gasteiger partial charge >= 0.3 is 0 Å². The van der Waals surface area contributed by atoms with Crippen LogP contribution in [0, 0.1) is 23.7 Å². The highest BCUT2D eigenvalue weighted by molar-refractivity contribution is 5.83. The maximum atomic E-state index is 14.2. The third-order valence-corrected chi connectivity index (χ3v) is 11.6. The first-order valence-corrected chi connectivity index (χ1v) is 16.0. The van der Waals surface area contributed by atoms with Crippen LogP contribution < -0.4 is 10.6 Å². The molecule has 12 unspecified atom stereocenters. The van der Waals surface area contributed by atoms with E-state index in [1.54, 1.807) is 28.4 Å². The van der Waals surface area contributed by atoms with Gasteiger partial charge in [-0.05, 0) is 89.0 Å². The van der Waals surface area contributed by atoms with Crippen molar-refractivity contribution in [2.24, 2.45) is 23.7 Å². The largest absolute Gasteiger partial charge is 0.381 e. The van der Waals surface area contributed by atoms with E-state index in [1.165, 1.54) is 0 Å². The van der Waals surface area contributed by atoms with E-state index in [9.17, 15) is 9.59 Å². The molecular weight excluding hydrogens is 526 g/mol. The molecule has 2 N–H and O–H groups in total. The number of methoxy groups -OCH3 is 4. The first-order chi connectivity index (χ1) is 19.9. The SMILES string of the molecule is COC1CC(NC(=O)[C@H](C)OC2CCC3C(C2)C2CCNC4C5CCC(OC)C(OC)C5C(=O)N3C24)CC(OC)C1. The average Bonchev–Trinajstić information content (AvgIpc) is 3.33. The highest BCUT2D eigenvalue weighted by Crippen LogP contribution is 2.54. The molecule has 0 aromatic carbocycles. The van der Waals surface area contributed by atoms with Gasteiger partial charge in [0.15, 0.2) is 0 Å². The fraction of sp³-hybridized carbons (Fsp3) is 0.935. The number of hydrogen-bond donors (Lipinski definition) is 2. The maximum Gasteiger partial charge on any atom is 0.249 e. The Hall–Kier alpha value is -1.30. The molecule has 10 heteroatoms. The molecule has 3 heterocycles. The Balaban J connectivity index is 1.11. The predicted octanol–water partition coefficient (Wildman–Crippen LogP) is 1.89. The number of carbonyl (C=O) groups is 2. The van der Waals surface area contributed by atoms with E-state index in [1.807, 2.05) is 6.92 Å². The van der Waals surface area contributed by atoms with E-state index < -0.39 is 6.10 Å². The van der Waals surface area contributed by atoms with Crippen LogP contribution in [0.5, 0.6) is 0 Å². The molecule has 3 saturated carbocycles. The second-order valence-corrected chi connectivity index (χ2v) is 13.5. The van der Waals surface area contributed by atoms with Crippen LogP contribution in [-0.2, 0) is 33.3 Å². The summed E-state index contributed by atoms with van der Waals surface area (Å²) in [4.78, 5) is 29.7. The Morgan fingerprint density at radius 2 is 1.61 bits per heavy atom. The number of nitrogens with zero attached hydrogens (tertiary/aromatic N) is 1. The molecule has 3 aliphatic carbocycles. The Morgan fingerprint density at radius 1 is 0.854 bits per heavy atom. The molecule has 0 spiro atoms. The Bertz CT molecular complexity index is 941. The molecule has 0 aromatic rings. The van der Waals surface area contributed by atoms with Crippen molar-refractivity contribution in [3.8, 4) is 0 Å². The van der Waals surface area contributed by atoms with E-state index in [0.717, 1.165) is 64.3 Å². The second kappa shape index (κ2) is 12.4. The lowest BCUT2D eigenvalue weighted by atomic mass is 9.64. The van der Waals surface area contributed by atoms with Gasteiger partial charge in [0, 0.05) is 46.6 Å². The molecule has 3 aliphatic heterocycles. The van der Waals surface area contributed by atoms with Crippen molar-refractivity contribution in [1.82, 2.24) is 15.5 Å². The van der Waals surface area contributed by atoms with Crippen molar-refractivity contribution in [1.29, 1.82) is 0 Å². The molecule has 10 nitrogen and oxygen atoms in total. The van der Waals surface area contributed by atoms with E-state index in [2.05, 4.69) is 15.5 Å². The van der Waals surface area contributed by atoms with Gasteiger partial charge in [-0.2, -0.15) is 0 Å². The summed E-state index contributed by atoms with van der Waals surface area (Å²) in [6.45, 7) is 2.86. The van der Waals surface area contributed by atoms with E-state index in [4.69, 9.17) is 23.7 Å². The third-order valence-electron chi connectivity index (χ3n) is 11.6. The minimum absolute atomic E-state index is 0.0218. The molecule has 3 saturated heterocycles. The summed E-state index contributed by atoms with van der Waals surface area (Å²) in [5.41, 5.74) is 0. The van der Waals surface area contributed by atoms with Gasteiger partial charge < -0.3 is 39.2 Å². The van der Waals surface area contributed by atoms with E-state index in [0.29, 0.717) is 17.9 Å². The average molecular weight is 578 g/mol. The lowest BCUT2D eigenvalue weighted by Gasteiger charge is -2.55. The second-order valence-electron chi connectivity index (χ2n) is 13.5. The third kappa shape index (κ3) is 5.35. The number of carbonyl (C=O) groups excluding carboxylic acids is 2. The van der Waals surface area contributed by atoms with Crippen LogP contribution in [0.2, 0.25) is 0 Å². The first-order valence-electron chi connectivity index (χ1n) is 16.0. The standard InChI is InChI=1S/C31H51N3O7/c1-16(30(35)33-17-12-19(37-2)14-20(13-17)38-3)41-18-6-8-24-23(15-18)21-10-11-32-27-22-7-9-25(39-4)29(40-5)26(22)31(36)34(24)28(21)27/h16-29,32H,6-15H2,1-5H3,(H,33,35)/t16-,17?,18?,19?,20?,21?,22?,23?,24?,25?,26?,27?,28?,29?/m0/s1. The quantitative estimate of drug-likeness (QED) is 0.451. The zero-order chi connectivity index (χ0) is 28.8. The number of nitrogens with one attached hydrogen (secondary N) is 2. The molecule has 0 bridgehead atoms. The summed E-state index contributed by atoms with van der Waals surface area (Å²) in [5, 5.41) is 7.05. The molecule has 6 aliphatic rings. The van der Waals surface area contributed by atoms with Crippen molar-refractivity contribution in [3.05, 3.63) is 0 Å². The normalized spacial score (nSPS) is 46.3. The molecule has 6 rings (SSSR count). The number of fused-ring (bicyclic) bond motifs is 5. The van der Waals surface area contributed by atoms with Crippen LogP contribution in [0.25, 0.3) is 0 Å². The zero-order valence-electron chi connectivity index (χ0n) is 25.5. The number of piperidine rings is 2. The van der Waals surface area contributed by atoms with Gasteiger partial charge in [0.05, 0.1) is 42.5 Å². The van der Waals surface area contributed by atoms with Gasteiger partial charge in [-0.15, -0.1) is 0 Å². The van der Waals surface area contributed by atoms with Gasteiger partial charge in [0.2, 0.25) is 11.8 Å². The van der Waals surface area contributed by atoms with Crippen LogP contribution in [0.3, 0.4) is 0 Å². The molecule has 13 atom stereocenters. The number of amides is 2.